The highest BCUT2D eigenvalue weighted by Crippen LogP contribution is 2.43. The van der Waals surface area contributed by atoms with E-state index in [1.165, 1.54) is 19.3 Å². The second-order valence-electron chi connectivity index (χ2n) is 5.65. The van der Waals surface area contributed by atoms with E-state index in [1.54, 1.807) is 0 Å². The lowest BCUT2D eigenvalue weighted by atomic mass is 9.83. The molecule has 2 rings (SSSR count). The van der Waals surface area contributed by atoms with Crippen LogP contribution in [-0.2, 0) is 4.79 Å². The van der Waals surface area contributed by atoms with Gasteiger partial charge < -0.3 is 10.2 Å². The predicted octanol–water partition coefficient (Wildman–Crippen LogP) is 2.26. The minimum Gasteiger partial charge on any atom is -0.340 e. The molecule has 0 aromatic rings. The molecule has 1 unspecified atom stereocenters. The summed E-state index contributed by atoms with van der Waals surface area (Å²) in [6.45, 7) is 5.04. The van der Waals surface area contributed by atoms with Crippen molar-refractivity contribution in [2.75, 3.05) is 25.9 Å². The number of nitrogens with one attached hydrogen (secondary N) is 1. The number of nitrogens with zero attached hydrogens (tertiary/aromatic N) is 1. The van der Waals surface area contributed by atoms with Gasteiger partial charge in [0, 0.05) is 17.8 Å². The SMILES string of the molecule is CCCNC1CCCN(CC2(SC)CCC2)C1=O. The zero-order chi connectivity index (χ0) is 13.0. The largest absolute Gasteiger partial charge is 0.340 e. The zero-order valence-electron chi connectivity index (χ0n) is 11.7. The molecule has 1 amide bonds. The summed E-state index contributed by atoms with van der Waals surface area (Å²) < 4.78 is 0.377. The molecular weight excluding hydrogens is 244 g/mol. The van der Waals surface area contributed by atoms with Crippen molar-refractivity contribution >= 4 is 17.7 Å². The summed E-state index contributed by atoms with van der Waals surface area (Å²) in [5, 5.41) is 3.39. The van der Waals surface area contributed by atoms with Crippen LogP contribution in [0.4, 0.5) is 0 Å². The molecule has 0 spiro atoms. The van der Waals surface area contributed by atoms with Crippen molar-refractivity contribution in [2.45, 2.75) is 56.2 Å². The molecule has 4 heteroatoms. The second kappa shape index (κ2) is 6.29. The molecule has 1 aliphatic carbocycles. The molecule has 0 aromatic heterocycles. The van der Waals surface area contributed by atoms with Crippen LogP contribution < -0.4 is 5.32 Å². The first-order chi connectivity index (χ1) is 8.71. The van der Waals surface area contributed by atoms with Crippen LogP contribution in [0.3, 0.4) is 0 Å². The third-order valence-corrected chi connectivity index (χ3v) is 5.75. The van der Waals surface area contributed by atoms with Crippen molar-refractivity contribution in [3.8, 4) is 0 Å². The predicted molar refractivity (Wildman–Crippen MR) is 78.0 cm³/mol. The summed E-state index contributed by atoms with van der Waals surface area (Å²) in [6, 6.07) is 0.0812. The van der Waals surface area contributed by atoms with Crippen molar-refractivity contribution in [1.29, 1.82) is 0 Å². The molecule has 1 aliphatic heterocycles. The molecule has 2 aliphatic rings. The summed E-state index contributed by atoms with van der Waals surface area (Å²) in [4.78, 5) is 14.5. The molecule has 1 N–H and O–H groups in total. The highest BCUT2D eigenvalue weighted by atomic mass is 32.2. The first-order valence-electron chi connectivity index (χ1n) is 7.28. The van der Waals surface area contributed by atoms with Crippen LogP contribution in [0.2, 0.25) is 0 Å². The van der Waals surface area contributed by atoms with Crippen molar-refractivity contribution in [3.05, 3.63) is 0 Å². The Labute approximate surface area is 115 Å². The number of piperidine rings is 1. The van der Waals surface area contributed by atoms with Crippen molar-refractivity contribution in [3.63, 3.8) is 0 Å². The van der Waals surface area contributed by atoms with Crippen LogP contribution in [-0.4, -0.2) is 47.5 Å². The summed E-state index contributed by atoms with van der Waals surface area (Å²) in [5.74, 6) is 0.343. The van der Waals surface area contributed by atoms with Crippen LogP contribution in [0.15, 0.2) is 0 Å². The van der Waals surface area contributed by atoms with Gasteiger partial charge in [0.05, 0.1) is 6.04 Å². The van der Waals surface area contributed by atoms with Gasteiger partial charge >= 0.3 is 0 Å². The lowest BCUT2D eigenvalue weighted by Crippen LogP contribution is -2.55. The van der Waals surface area contributed by atoms with Gasteiger partial charge in [0.2, 0.25) is 5.91 Å². The maximum Gasteiger partial charge on any atom is 0.239 e. The molecular formula is C14H26N2OS. The smallest absolute Gasteiger partial charge is 0.239 e. The Kier molecular flexibility index (Phi) is 4.96. The van der Waals surface area contributed by atoms with Gasteiger partial charge in [-0.1, -0.05) is 13.3 Å². The van der Waals surface area contributed by atoms with Crippen LogP contribution >= 0.6 is 11.8 Å². The molecule has 2 fully saturated rings. The highest BCUT2D eigenvalue weighted by molar-refractivity contribution is 8.00. The molecule has 0 aromatic carbocycles. The summed E-state index contributed by atoms with van der Waals surface area (Å²) in [7, 11) is 0. The Morgan fingerprint density at radius 2 is 2.22 bits per heavy atom. The van der Waals surface area contributed by atoms with Crippen LogP contribution in [0, 0.1) is 0 Å². The highest BCUT2D eigenvalue weighted by Gasteiger charge is 2.40. The van der Waals surface area contributed by atoms with Crippen molar-refractivity contribution in [1.82, 2.24) is 10.2 Å². The third kappa shape index (κ3) is 3.02. The summed E-state index contributed by atoms with van der Waals surface area (Å²) in [5.41, 5.74) is 0. The lowest BCUT2D eigenvalue weighted by molar-refractivity contribution is -0.136. The number of carbonyl (C=O) groups is 1. The minimum absolute atomic E-state index is 0.0812. The number of thioether (sulfide) groups is 1. The van der Waals surface area contributed by atoms with Gasteiger partial charge in [0.25, 0.3) is 0 Å². The molecule has 0 radical (unpaired) electrons. The van der Waals surface area contributed by atoms with E-state index in [0.29, 0.717) is 10.7 Å². The topological polar surface area (TPSA) is 32.3 Å². The number of rotatable bonds is 6. The van der Waals surface area contributed by atoms with E-state index in [1.807, 2.05) is 11.8 Å². The van der Waals surface area contributed by atoms with E-state index in [-0.39, 0.29) is 6.04 Å². The Bertz CT molecular complexity index is 286. The van der Waals surface area contributed by atoms with E-state index >= 15 is 0 Å². The van der Waals surface area contributed by atoms with Crippen molar-refractivity contribution in [2.24, 2.45) is 0 Å². The fourth-order valence-corrected chi connectivity index (χ4v) is 3.93. The quantitative estimate of drug-likeness (QED) is 0.803. The average molecular weight is 270 g/mol. The molecule has 0 bridgehead atoms. The Morgan fingerprint density at radius 3 is 2.78 bits per heavy atom. The number of hydrogen-bond acceptors (Lipinski definition) is 3. The molecule has 1 saturated carbocycles. The van der Waals surface area contributed by atoms with E-state index in [0.717, 1.165) is 38.9 Å². The third-order valence-electron chi connectivity index (χ3n) is 4.35. The van der Waals surface area contributed by atoms with Crippen LogP contribution in [0.5, 0.6) is 0 Å². The molecule has 18 heavy (non-hydrogen) atoms. The first-order valence-corrected chi connectivity index (χ1v) is 8.50. The molecule has 3 nitrogen and oxygen atoms in total. The van der Waals surface area contributed by atoms with Gasteiger partial charge in [-0.15, -0.1) is 0 Å². The second-order valence-corrected chi connectivity index (χ2v) is 6.92. The molecule has 1 saturated heterocycles. The Morgan fingerprint density at radius 1 is 1.44 bits per heavy atom. The maximum absolute atomic E-state index is 12.4. The van der Waals surface area contributed by atoms with Gasteiger partial charge in [-0.05, 0) is 44.9 Å². The van der Waals surface area contributed by atoms with Gasteiger partial charge in [0.15, 0.2) is 0 Å². The summed E-state index contributed by atoms with van der Waals surface area (Å²) in [6.07, 6.45) is 9.36. The van der Waals surface area contributed by atoms with Gasteiger partial charge in [-0.3, -0.25) is 4.79 Å². The molecule has 1 heterocycles. The van der Waals surface area contributed by atoms with Gasteiger partial charge in [-0.25, -0.2) is 0 Å². The summed E-state index contributed by atoms with van der Waals surface area (Å²) >= 11 is 1.96. The first kappa shape index (κ1) is 14.2. The maximum atomic E-state index is 12.4. The van der Waals surface area contributed by atoms with E-state index in [2.05, 4.69) is 23.4 Å². The fourth-order valence-electron chi connectivity index (χ4n) is 2.95. The average Bonchev–Trinajstić information content (AvgIpc) is 2.34. The lowest BCUT2D eigenvalue weighted by Gasteiger charge is -2.45. The van der Waals surface area contributed by atoms with Gasteiger partial charge in [-0.2, -0.15) is 11.8 Å². The minimum atomic E-state index is 0.0812. The number of likely N-dealkylation sites (tertiary alicyclic amines) is 1. The molecule has 104 valence electrons. The molecule has 1 atom stereocenters. The number of carbonyl (C=O) groups excluding carboxylic acids is 1. The van der Waals surface area contributed by atoms with Crippen molar-refractivity contribution < 1.29 is 4.79 Å². The number of amides is 1. The fraction of sp³-hybridized carbons (Fsp3) is 0.929. The van der Waals surface area contributed by atoms with Crippen LogP contribution in [0.25, 0.3) is 0 Å². The van der Waals surface area contributed by atoms with E-state index < -0.39 is 0 Å². The standard InChI is InChI=1S/C14H26N2OS/c1-3-9-15-12-6-4-10-16(13(12)17)11-14(18-2)7-5-8-14/h12,15H,3-11H2,1-2H3. The number of hydrogen-bond donors (Lipinski definition) is 1. The Balaban J connectivity index is 1.89. The van der Waals surface area contributed by atoms with Crippen LogP contribution in [0.1, 0.15) is 45.4 Å². The van der Waals surface area contributed by atoms with E-state index in [9.17, 15) is 4.79 Å². The monoisotopic (exact) mass is 270 g/mol. The normalized spacial score (nSPS) is 27.1. The van der Waals surface area contributed by atoms with E-state index in [4.69, 9.17) is 0 Å². The van der Waals surface area contributed by atoms with Gasteiger partial charge in [0.1, 0.15) is 0 Å². The Hall–Kier alpha value is -0.220. The zero-order valence-corrected chi connectivity index (χ0v) is 12.5.